The molecule has 0 unspecified atom stereocenters. The van der Waals surface area contributed by atoms with Crippen LogP contribution in [-0.4, -0.2) is 48.6 Å². The van der Waals surface area contributed by atoms with E-state index in [9.17, 15) is 14.7 Å². The van der Waals surface area contributed by atoms with E-state index in [-0.39, 0.29) is 11.6 Å². The first-order chi connectivity index (χ1) is 10.0. The van der Waals surface area contributed by atoms with Gasteiger partial charge in [-0.2, -0.15) is 0 Å². The quantitative estimate of drug-likeness (QED) is 0.768. The molecule has 0 bridgehead atoms. The Bertz CT molecular complexity index is 660. The normalized spacial score (nSPS) is 10.6. The van der Waals surface area contributed by atoms with Gasteiger partial charge in [-0.1, -0.05) is 5.21 Å². The largest absolute Gasteiger partial charge is 0.476 e. The van der Waals surface area contributed by atoms with Gasteiger partial charge in [-0.3, -0.25) is 4.79 Å². The molecule has 2 aromatic heterocycles. The summed E-state index contributed by atoms with van der Waals surface area (Å²) >= 11 is 0. The number of aromatic nitrogens is 5. The molecule has 0 aliphatic carbocycles. The molecule has 0 aliphatic heterocycles. The second-order valence-corrected chi connectivity index (χ2v) is 4.45. The zero-order chi connectivity index (χ0) is 15.4. The van der Waals surface area contributed by atoms with Crippen LogP contribution in [0, 0.1) is 0 Å². The van der Waals surface area contributed by atoms with Crippen molar-refractivity contribution in [3.05, 3.63) is 18.1 Å². The minimum Gasteiger partial charge on any atom is -0.476 e. The molecule has 9 heteroatoms. The number of rotatable bonds is 6. The van der Waals surface area contributed by atoms with Crippen molar-refractivity contribution in [2.75, 3.05) is 7.05 Å². The molecule has 0 aliphatic rings. The lowest BCUT2D eigenvalue weighted by atomic mass is 10.2. The molecule has 2 rings (SSSR count). The lowest BCUT2D eigenvalue weighted by Gasteiger charge is -2.07. The summed E-state index contributed by atoms with van der Waals surface area (Å²) in [6.45, 7) is 0.385. The van der Waals surface area contributed by atoms with Gasteiger partial charge in [0.2, 0.25) is 11.6 Å². The standard InChI is InChI=1S/C12H16N6O3/c1-13-8(19)4-3-6-18-10(9(12(20)21)15-16-18)11-14-5-7-17(11)2/h5,7H,3-4,6H2,1-2H3,(H,13,19)(H,20,21). The highest BCUT2D eigenvalue weighted by Crippen LogP contribution is 2.20. The van der Waals surface area contributed by atoms with Gasteiger partial charge in [0.05, 0.1) is 0 Å². The smallest absolute Gasteiger partial charge is 0.358 e. The zero-order valence-electron chi connectivity index (χ0n) is 11.8. The Balaban J connectivity index is 2.28. The fourth-order valence-electron chi connectivity index (χ4n) is 1.94. The molecule has 9 nitrogen and oxygen atoms in total. The maximum Gasteiger partial charge on any atom is 0.358 e. The highest BCUT2D eigenvalue weighted by atomic mass is 16.4. The first-order valence-electron chi connectivity index (χ1n) is 6.39. The van der Waals surface area contributed by atoms with Crippen molar-refractivity contribution >= 4 is 11.9 Å². The molecule has 112 valence electrons. The minimum atomic E-state index is -1.16. The van der Waals surface area contributed by atoms with Gasteiger partial charge in [0.25, 0.3) is 0 Å². The molecule has 2 N–H and O–H groups in total. The predicted octanol–water partition coefficient (Wildman–Crippen LogP) is -0.0970. The van der Waals surface area contributed by atoms with E-state index in [0.717, 1.165) is 0 Å². The summed E-state index contributed by atoms with van der Waals surface area (Å²) in [7, 11) is 3.33. The highest BCUT2D eigenvalue weighted by molar-refractivity contribution is 5.91. The van der Waals surface area contributed by atoms with Crippen LogP contribution in [0.5, 0.6) is 0 Å². The van der Waals surface area contributed by atoms with E-state index in [1.54, 1.807) is 31.1 Å². The van der Waals surface area contributed by atoms with Crippen LogP contribution in [0.1, 0.15) is 23.3 Å². The second kappa shape index (κ2) is 6.16. The summed E-state index contributed by atoms with van der Waals surface area (Å²) in [5.41, 5.74) is 0.191. The number of carboxylic acids is 1. The molecular formula is C12H16N6O3. The Morgan fingerprint density at radius 2 is 2.19 bits per heavy atom. The summed E-state index contributed by atoms with van der Waals surface area (Å²) < 4.78 is 3.16. The van der Waals surface area contributed by atoms with Crippen LogP contribution < -0.4 is 5.32 Å². The number of amides is 1. The summed E-state index contributed by atoms with van der Waals surface area (Å²) in [6.07, 6.45) is 4.14. The van der Waals surface area contributed by atoms with Crippen molar-refractivity contribution in [2.24, 2.45) is 7.05 Å². The lowest BCUT2D eigenvalue weighted by Crippen LogP contribution is -2.18. The van der Waals surface area contributed by atoms with Gasteiger partial charge in [-0.15, -0.1) is 5.10 Å². The summed E-state index contributed by atoms with van der Waals surface area (Å²) in [4.78, 5) is 26.6. The Labute approximate surface area is 120 Å². The topological polar surface area (TPSA) is 115 Å². The maximum absolute atomic E-state index is 11.3. The number of carbonyl (C=O) groups is 2. The minimum absolute atomic E-state index is 0.0767. The Kier molecular flexibility index (Phi) is 4.31. The number of carboxylic acid groups (broad SMARTS) is 1. The molecule has 1 amide bonds. The van der Waals surface area contributed by atoms with Crippen molar-refractivity contribution in [3.8, 4) is 11.5 Å². The van der Waals surface area contributed by atoms with Gasteiger partial charge in [-0.25, -0.2) is 14.5 Å². The number of aryl methyl sites for hydroxylation is 2. The molecule has 0 fully saturated rings. The third kappa shape index (κ3) is 3.07. The lowest BCUT2D eigenvalue weighted by molar-refractivity contribution is -0.120. The predicted molar refractivity (Wildman–Crippen MR) is 72.5 cm³/mol. The molecule has 0 aromatic carbocycles. The van der Waals surface area contributed by atoms with Crippen LogP contribution in [0.3, 0.4) is 0 Å². The van der Waals surface area contributed by atoms with E-state index in [1.165, 1.54) is 4.68 Å². The summed E-state index contributed by atoms with van der Waals surface area (Å²) in [5.74, 6) is -0.769. The molecule has 0 saturated heterocycles. The third-order valence-electron chi connectivity index (χ3n) is 3.02. The Morgan fingerprint density at radius 1 is 1.43 bits per heavy atom. The Morgan fingerprint density at radius 3 is 2.76 bits per heavy atom. The van der Waals surface area contributed by atoms with Crippen LogP contribution in [-0.2, 0) is 18.4 Å². The number of aromatic carboxylic acids is 1. The first kappa shape index (κ1) is 14.7. The summed E-state index contributed by atoms with van der Waals surface area (Å²) in [6, 6.07) is 0. The zero-order valence-corrected chi connectivity index (χ0v) is 11.8. The fraction of sp³-hybridized carbons (Fsp3) is 0.417. The van der Waals surface area contributed by atoms with Gasteiger partial charge >= 0.3 is 5.97 Å². The van der Waals surface area contributed by atoms with Crippen LogP contribution in [0.4, 0.5) is 0 Å². The molecule has 2 heterocycles. The van der Waals surface area contributed by atoms with E-state index in [2.05, 4.69) is 20.6 Å². The third-order valence-corrected chi connectivity index (χ3v) is 3.02. The van der Waals surface area contributed by atoms with Crippen molar-refractivity contribution in [3.63, 3.8) is 0 Å². The van der Waals surface area contributed by atoms with Gasteiger partial charge in [0, 0.05) is 39.5 Å². The molecular weight excluding hydrogens is 276 g/mol. The SMILES string of the molecule is CNC(=O)CCCn1nnc(C(=O)O)c1-c1nccn1C. The molecule has 0 saturated carbocycles. The van der Waals surface area contributed by atoms with Gasteiger partial charge < -0.3 is 15.0 Å². The number of imidazole rings is 1. The van der Waals surface area contributed by atoms with Crippen LogP contribution >= 0.6 is 0 Å². The van der Waals surface area contributed by atoms with E-state index >= 15 is 0 Å². The highest BCUT2D eigenvalue weighted by Gasteiger charge is 2.23. The number of hydrogen-bond acceptors (Lipinski definition) is 5. The monoisotopic (exact) mass is 292 g/mol. The van der Waals surface area contributed by atoms with E-state index < -0.39 is 5.97 Å². The van der Waals surface area contributed by atoms with Crippen molar-refractivity contribution < 1.29 is 14.7 Å². The van der Waals surface area contributed by atoms with Crippen molar-refractivity contribution in [2.45, 2.75) is 19.4 Å². The van der Waals surface area contributed by atoms with Gasteiger partial charge in [-0.05, 0) is 6.42 Å². The average molecular weight is 292 g/mol. The fourth-order valence-corrected chi connectivity index (χ4v) is 1.94. The second-order valence-electron chi connectivity index (χ2n) is 4.45. The molecule has 21 heavy (non-hydrogen) atoms. The number of carbonyl (C=O) groups excluding carboxylic acids is 1. The van der Waals surface area contributed by atoms with Crippen LogP contribution in [0.25, 0.3) is 11.5 Å². The van der Waals surface area contributed by atoms with E-state index in [4.69, 9.17) is 0 Å². The van der Waals surface area contributed by atoms with Crippen molar-refractivity contribution in [1.29, 1.82) is 0 Å². The summed E-state index contributed by atoms with van der Waals surface area (Å²) in [5, 5.41) is 19.3. The number of hydrogen-bond donors (Lipinski definition) is 2. The molecule has 2 aromatic rings. The van der Waals surface area contributed by atoms with E-state index in [0.29, 0.717) is 30.9 Å². The molecule has 0 radical (unpaired) electrons. The molecule has 0 atom stereocenters. The van der Waals surface area contributed by atoms with E-state index in [1.807, 2.05) is 0 Å². The van der Waals surface area contributed by atoms with Crippen molar-refractivity contribution in [1.82, 2.24) is 29.9 Å². The average Bonchev–Trinajstić information content (AvgIpc) is 3.04. The number of nitrogens with zero attached hydrogens (tertiary/aromatic N) is 5. The van der Waals surface area contributed by atoms with Crippen LogP contribution in [0.2, 0.25) is 0 Å². The van der Waals surface area contributed by atoms with Gasteiger partial charge in [0.15, 0.2) is 5.82 Å². The van der Waals surface area contributed by atoms with Crippen LogP contribution in [0.15, 0.2) is 12.4 Å². The Hall–Kier alpha value is -2.71. The maximum atomic E-state index is 11.3. The molecule has 0 spiro atoms. The first-order valence-corrected chi connectivity index (χ1v) is 6.39. The number of nitrogens with one attached hydrogen (secondary N) is 1. The van der Waals surface area contributed by atoms with Gasteiger partial charge in [0.1, 0.15) is 5.69 Å².